The first-order valence-electron chi connectivity index (χ1n) is 11.7. The van der Waals surface area contributed by atoms with E-state index in [0.717, 1.165) is 38.1 Å². The molecule has 5 aromatic rings. The summed E-state index contributed by atoms with van der Waals surface area (Å²) in [6.45, 7) is 4.03. The molecule has 0 radical (unpaired) electrons. The lowest BCUT2D eigenvalue weighted by molar-refractivity contribution is -0.113. The summed E-state index contributed by atoms with van der Waals surface area (Å²) in [5, 5.41) is 13.7. The molecule has 6 nitrogen and oxygen atoms in total. The lowest BCUT2D eigenvalue weighted by Crippen LogP contribution is -2.14. The summed E-state index contributed by atoms with van der Waals surface area (Å²) in [6, 6.07) is 24.1. The number of aryl methyl sites for hydroxylation is 2. The number of aromatic nitrogens is 4. The van der Waals surface area contributed by atoms with Gasteiger partial charge in [-0.15, -0.1) is 21.5 Å². The van der Waals surface area contributed by atoms with Crippen LogP contribution in [0.2, 0.25) is 5.02 Å². The number of rotatable bonds is 8. The zero-order chi connectivity index (χ0) is 25.8. The van der Waals surface area contributed by atoms with Crippen molar-refractivity contribution in [1.29, 1.82) is 0 Å². The third-order valence-electron chi connectivity index (χ3n) is 5.70. The Morgan fingerprint density at radius 2 is 1.81 bits per heavy atom. The fourth-order valence-electron chi connectivity index (χ4n) is 3.74. The second-order valence-corrected chi connectivity index (χ2v) is 11.0. The molecule has 0 aliphatic rings. The minimum Gasteiger partial charge on any atom is -0.301 e. The Hall–Kier alpha value is -3.46. The van der Waals surface area contributed by atoms with E-state index in [1.807, 2.05) is 73.0 Å². The molecule has 2 heterocycles. The van der Waals surface area contributed by atoms with Gasteiger partial charge in [0.2, 0.25) is 5.91 Å². The number of carbonyl (C=O) groups excluding carboxylic acids is 1. The number of hydrogen-bond acceptors (Lipinski definition) is 6. The number of anilines is 1. The molecule has 5 rings (SSSR count). The predicted octanol–water partition coefficient (Wildman–Crippen LogP) is 6.98. The van der Waals surface area contributed by atoms with E-state index in [0.29, 0.717) is 16.7 Å². The van der Waals surface area contributed by atoms with Gasteiger partial charge in [-0.25, -0.2) is 4.98 Å². The first-order chi connectivity index (χ1) is 18.0. The van der Waals surface area contributed by atoms with Gasteiger partial charge >= 0.3 is 0 Å². The summed E-state index contributed by atoms with van der Waals surface area (Å²) < 4.78 is 1.99. The Balaban J connectivity index is 1.28. The van der Waals surface area contributed by atoms with Crippen LogP contribution >= 0.6 is 34.7 Å². The van der Waals surface area contributed by atoms with Crippen molar-refractivity contribution in [3.63, 3.8) is 0 Å². The third kappa shape index (κ3) is 6.10. The van der Waals surface area contributed by atoms with Crippen LogP contribution in [0.5, 0.6) is 0 Å². The van der Waals surface area contributed by atoms with Gasteiger partial charge in [0.15, 0.2) is 16.1 Å². The molecule has 0 spiro atoms. The van der Waals surface area contributed by atoms with E-state index in [9.17, 15) is 4.79 Å². The minimum atomic E-state index is -0.149. The van der Waals surface area contributed by atoms with Crippen molar-refractivity contribution in [2.45, 2.75) is 25.4 Å². The number of thioether (sulfide) groups is 1. The molecular formula is C28H24ClN5OS2. The van der Waals surface area contributed by atoms with Crippen molar-refractivity contribution in [1.82, 2.24) is 19.7 Å². The van der Waals surface area contributed by atoms with Gasteiger partial charge in [-0.2, -0.15) is 0 Å². The molecule has 0 saturated carbocycles. The molecule has 0 aliphatic heterocycles. The maximum atomic E-state index is 12.8. The van der Waals surface area contributed by atoms with Crippen LogP contribution in [-0.2, 0) is 11.2 Å². The molecule has 186 valence electrons. The lowest BCUT2D eigenvalue weighted by Gasteiger charge is -2.10. The second kappa shape index (κ2) is 11.3. The van der Waals surface area contributed by atoms with Crippen molar-refractivity contribution >= 4 is 45.7 Å². The maximum absolute atomic E-state index is 12.8. The largest absolute Gasteiger partial charge is 0.301 e. The quantitative estimate of drug-likeness (QED) is 0.213. The number of thiazole rings is 1. The number of carbonyl (C=O) groups is 1. The molecule has 1 N–H and O–H groups in total. The molecule has 3 aromatic carbocycles. The number of halogens is 1. The van der Waals surface area contributed by atoms with Crippen LogP contribution in [0.15, 0.2) is 84.1 Å². The number of hydrogen-bond donors (Lipinski definition) is 1. The van der Waals surface area contributed by atoms with E-state index >= 15 is 0 Å². The normalized spacial score (nSPS) is 11.0. The SMILES string of the molecule is Cc1ccc(-n2c(SCC(=O)Nc3ncc(Cc4ccc(C)c(Cl)c4)s3)nnc2-c2ccccc2)cc1. The van der Waals surface area contributed by atoms with E-state index < -0.39 is 0 Å². The molecule has 0 fully saturated rings. The van der Waals surface area contributed by atoms with Crippen molar-refractivity contribution in [3.05, 3.63) is 106 Å². The summed E-state index contributed by atoms with van der Waals surface area (Å²) in [5.41, 5.74) is 5.22. The summed E-state index contributed by atoms with van der Waals surface area (Å²) in [6.07, 6.45) is 2.51. The number of nitrogens with zero attached hydrogens (tertiary/aromatic N) is 4. The van der Waals surface area contributed by atoms with Gasteiger partial charge in [0.1, 0.15) is 0 Å². The summed E-state index contributed by atoms with van der Waals surface area (Å²) in [5.74, 6) is 0.762. The summed E-state index contributed by atoms with van der Waals surface area (Å²) in [4.78, 5) is 18.2. The van der Waals surface area contributed by atoms with Gasteiger partial charge in [-0.1, -0.05) is 83.5 Å². The van der Waals surface area contributed by atoms with Crippen LogP contribution in [0, 0.1) is 13.8 Å². The van der Waals surface area contributed by atoms with E-state index in [1.165, 1.54) is 28.7 Å². The molecule has 9 heteroatoms. The number of benzene rings is 3. The maximum Gasteiger partial charge on any atom is 0.236 e. The van der Waals surface area contributed by atoms with Crippen molar-refractivity contribution in [2.75, 3.05) is 11.1 Å². The highest BCUT2D eigenvalue weighted by Crippen LogP contribution is 2.29. The van der Waals surface area contributed by atoms with E-state index in [1.54, 1.807) is 6.20 Å². The monoisotopic (exact) mass is 545 g/mol. The third-order valence-corrected chi connectivity index (χ3v) is 7.95. The molecule has 1 amide bonds. The fourth-order valence-corrected chi connectivity index (χ4v) is 5.56. The highest BCUT2D eigenvalue weighted by molar-refractivity contribution is 7.99. The van der Waals surface area contributed by atoms with Crippen molar-refractivity contribution in [2.24, 2.45) is 0 Å². The highest BCUT2D eigenvalue weighted by Gasteiger charge is 2.18. The molecule has 0 bridgehead atoms. The van der Waals surface area contributed by atoms with Gasteiger partial charge < -0.3 is 5.32 Å². The topological polar surface area (TPSA) is 72.7 Å². The molecule has 0 aliphatic carbocycles. The Labute approximate surface area is 228 Å². The van der Waals surface area contributed by atoms with Gasteiger partial charge in [0.05, 0.1) is 5.75 Å². The zero-order valence-electron chi connectivity index (χ0n) is 20.3. The molecule has 37 heavy (non-hydrogen) atoms. The van der Waals surface area contributed by atoms with Crippen LogP contribution in [0.1, 0.15) is 21.6 Å². The highest BCUT2D eigenvalue weighted by atomic mass is 35.5. The van der Waals surface area contributed by atoms with E-state index in [2.05, 4.69) is 38.7 Å². The molecule has 2 aromatic heterocycles. The average Bonchev–Trinajstić information content (AvgIpc) is 3.53. The van der Waals surface area contributed by atoms with Gasteiger partial charge in [-0.05, 0) is 43.2 Å². The summed E-state index contributed by atoms with van der Waals surface area (Å²) in [7, 11) is 0. The van der Waals surface area contributed by atoms with E-state index in [-0.39, 0.29) is 11.7 Å². The summed E-state index contributed by atoms with van der Waals surface area (Å²) >= 11 is 9.05. The number of nitrogens with one attached hydrogen (secondary N) is 1. The Kier molecular flexibility index (Phi) is 7.69. The van der Waals surface area contributed by atoms with Crippen LogP contribution < -0.4 is 5.32 Å². The standard InChI is InChI=1S/C28H24ClN5OS2/c1-18-8-12-22(13-9-18)34-26(21-6-4-3-5-7-21)32-33-28(34)36-17-25(35)31-27-30-16-23(37-27)14-20-11-10-19(2)24(29)15-20/h3-13,15-16H,14,17H2,1-2H3,(H,30,31,35). The minimum absolute atomic E-state index is 0.149. The lowest BCUT2D eigenvalue weighted by atomic mass is 10.1. The van der Waals surface area contributed by atoms with Gasteiger partial charge in [0.25, 0.3) is 0 Å². The molecule has 0 saturated heterocycles. The number of amides is 1. The van der Waals surface area contributed by atoms with Crippen LogP contribution in [-0.4, -0.2) is 31.4 Å². The first kappa shape index (κ1) is 25.2. The van der Waals surface area contributed by atoms with Crippen LogP contribution in [0.3, 0.4) is 0 Å². The Bertz CT molecular complexity index is 1530. The first-order valence-corrected chi connectivity index (χ1v) is 13.8. The van der Waals surface area contributed by atoms with Crippen molar-refractivity contribution < 1.29 is 4.79 Å². The Morgan fingerprint density at radius 3 is 2.57 bits per heavy atom. The van der Waals surface area contributed by atoms with Crippen LogP contribution in [0.4, 0.5) is 5.13 Å². The van der Waals surface area contributed by atoms with E-state index in [4.69, 9.17) is 11.6 Å². The molecular weight excluding hydrogens is 522 g/mol. The molecule has 0 unspecified atom stereocenters. The Morgan fingerprint density at radius 1 is 1.03 bits per heavy atom. The smallest absolute Gasteiger partial charge is 0.236 e. The predicted molar refractivity (Wildman–Crippen MR) is 152 cm³/mol. The fraction of sp³-hybridized carbons (Fsp3) is 0.143. The van der Waals surface area contributed by atoms with Crippen LogP contribution in [0.25, 0.3) is 17.1 Å². The van der Waals surface area contributed by atoms with Gasteiger partial charge in [-0.3, -0.25) is 9.36 Å². The van der Waals surface area contributed by atoms with Crippen molar-refractivity contribution in [3.8, 4) is 17.1 Å². The average molecular weight is 546 g/mol. The van der Waals surface area contributed by atoms with Gasteiger partial charge in [0, 0.05) is 33.8 Å². The zero-order valence-corrected chi connectivity index (χ0v) is 22.7. The molecule has 0 atom stereocenters. The second-order valence-electron chi connectivity index (χ2n) is 8.57.